The van der Waals surface area contributed by atoms with Crippen molar-refractivity contribution in [3.63, 3.8) is 0 Å². The summed E-state index contributed by atoms with van der Waals surface area (Å²) in [5, 5.41) is 0. The van der Waals surface area contributed by atoms with E-state index in [4.69, 9.17) is 15.2 Å². The van der Waals surface area contributed by atoms with Crippen LogP contribution >= 0.6 is 0 Å². The highest BCUT2D eigenvalue weighted by Crippen LogP contribution is 2.30. The molecule has 3 nitrogen and oxygen atoms in total. The van der Waals surface area contributed by atoms with Gasteiger partial charge in [-0.25, -0.2) is 0 Å². The highest BCUT2D eigenvalue weighted by molar-refractivity contribution is 5.39. The van der Waals surface area contributed by atoms with Gasteiger partial charge < -0.3 is 15.2 Å². The van der Waals surface area contributed by atoms with Crippen LogP contribution in [0.15, 0.2) is 24.3 Å². The zero-order chi connectivity index (χ0) is 11.4. The molecule has 1 aromatic carbocycles. The Kier molecular flexibility index (Phi) is 3.67. The predicted octanol–water partition coefficient (Wildman–Crippen LogP) is 2.34. The predicted molar refractivity (Wildman–Crippen MR) is 63.9 cm³/mol. The van der Waals surface area contributed by atoms with E-state index in [9.17, 15) is 0 Å². The Hall–Kier alpha value is -1.22. The van der Waals surface area contributed by atoms with Crippen molar-refractivity contribution in [1.29, 1.82) is 0 Å². The molecule has 1 saturated carbocycles. The second-order valence-electron chi connectivity index (χ2n) is 4.13. The summed E-state index contributed by atoms with van der Waals surface area (Å²) < 4.78 is 11.4. The molecule has 2 N–H and O–H groups in total. The largest absolute Gasteiger partial charge is 0.490 e. The molecule has 88 valence electrons. The smallest absolute Gasteiger partial charge is 0.161 e. The summed E-state index contributed by atoms with van der Waals surface area (Å²) in [7, 11) is 0. The van der Waals surface area contributed by atoms with E-state index in [0.29, 0.717) is 6.61 Å². The van der Waals surface area contributed by atoms with Crippen LogP contribution in [0.25, 0.3) is 0 Å². The molecule has 1 aliphatic carbocycles. The minimum Gasteiger partial charge on any atom is -0.490 e. The second kappa shape index (κ2) is 5.21. The van der Waals surface area contributed by atoms with Crippen LogP contribution in [0.2, 0.25) is 0 Å². The highest BCUT2D eigenvalue weighted by atomic mass is 16.5. The fraction of sp³-hybridized carbons (Fsp3) is 0.538. The van der Waals surface area contributed by atoms with Gasteiger partial charge in [-0.2, -0.15) is 0 Å². The summed E-state index contributed by atoms with van der Waals surface area (Å²) in [5.41, 5.74) is 5.99. The molecule has 2 atom stereocenters. The summed E-state index contributed by atoms with van der Waals surface area (Å²) in [6.07, 6.45) is 3.40. The standard InChI is InChI=1S/C13H19NO2/c1-2-15-12-7-3-4-8-13(12)16-11-9-5-6-10(11)14/h3-4,7-8,10-11H,2,5-6,9,14H2,1H3/t10-,11-/m0/s1. The second-order valence-corrected chi connectivity index (χ2v) is 4.13. The minimum atomic E-state index is 0.140. The van der Waals surface area contributed by atoms with Gasteiger partial charge in [0.05, 0.1) is 6.61 Å². The van der Waals surface area contributed by atoms with Crippen molar-refractivity contribution < 1.29 is 9.47 Å². The molecule has 0 unspecified atom stereocenters. The number of para-hydroxylation sites is 2. The first-order valence-corrected chi connectivity index (χ1v) is 5.95. The van der Waals surface area contributed by atoms with E-state index in [1.807, 2.05) is 31.2 Å². The van der Waals surface area contributed by atoms with Gasteiger partial charge in [-0.3, -0.25) is 0 Å². The van der Waals surface area contributed by atoms with Gasteiger partial charge in [-0.05, 0) is 38.3 Å². The molecular weight excluding hydrogens is 202 g/mol. The molecule has 1 aliphatic rings. The van der Waals surface area contributed by atoms with Crippen LogP contribution in [-0.4, -0.2) is 18.8 Å². The van der Waals surface area contributed by atoms with Crippen LogP contribution in [0.4, 0.5) is 0 Å². The Morgan fingerprint density at radius 2 is 2.00 bits per heavy atom. The highest BCUT2D eigenvalue weighted by Gasteiger charge is 2.26. The lowest BCUT2D eigenvalue weighted by Crippen LogP contribution is -2.33. The quantitative estimate of drug-likeness (QED) is 0.848. The van der Waals surface area contributed by atoms with Crippen LogP contribution in [0.1, 0.15) is 26.2 Å². The van der Waals surface area contributed by atoms with E-state index in [0.717, 1.165) is 30.8 Å². The summed E-state index contributed by atoms with van der Waals surface area (Å²) >= 11 is 0. The number of hydrogen-bond donors (Lipinski definition) is 1. The maximum absolute atomic E-state index is 5.99. The summed E-state index contributed by atoms with van der Waals surface area (Å²) in [6.45, 7) is 2.62. The third kappa shape index (κ3) is 2.47. The number of rotatable bonds is 4. The number of ether oxygens (including phenoxy) is 2. The van der Waals surface area contributed by atoms with Crippen LogP contribution in [0.3, 0.4) is 0 Å². The maximum atomic E-state index is 5.99. The van der Waals surface area contributed by atoms with Crippen molar-refractivity contribution in [3.05, 3.63) is 24.3 Å². The molecule has 0 saturated heterocycles. The first kappa shape index (κ1) is 11.3. The fourth-order valence-corrected chi connectivity index (χ4v) is 2.09. The lowest BCUT2D eigenvalue weighted by Gasteiger charge is -2.19. The molecule has 0 spiro atoms. The lowest BCUT2D eigenvalue weighted by atomic mass is 10.2. The molecule has 1 aromatic rings. The van der Waals surface area contributed by atoms with Gasteiger partial charge in [-0.1, -0.05) is 12.1 Å². The van der Waals surface area contributed by atoms with Crippen LogP contribution in [0, 0.1) is 0 Å². The normalized spacial score (nSPS) is 24.4. The first-order valence-electron chi connectivity index (χ1n) is 5.95. The maximum Gasteiger partial charge on any atom is 0.161 e. The Morgan fingerprint density at radius 1 is 1.25 bits per heavy atom. The molecule has 2 rings (SSSR count). The van der Waals surface area contributed by atoms with E-state index in [-0.39, 0.29) is 12.1 Å². The molecule has 0 aliphatic heterocycles. The molecule has 16 heavy (non-hydrogen) atoms. The third-order valence-electron chi connectivity index (χ3n) is 2.93. The third-order valence-corrected chi connectivity index (χ3v) is 2.93. The SMILES string of the molecule is CCOc1ccccc1O[C@H]1CCC[C@@H]1N. The van der Waals surface area contributed by atoms with Gasteiger partial charge in [0.1, 0.15) is 6.10 Å². The molecule has 0 bridgehead atoms. The molecular formula is C13H19NO2. The van der Waals surface area contributed by atoms with Crippen LogP contribution in [0.5, 0.6) is 11.5 Å². The average molecular weight is 221 g/mol. The van der Waals surface area contributed by atoms with Crippen molar-refractivity contribution in [2.75, 3.05) is 6.61 Å². The van der Waals surface area contributed by atoms with Gasteiger partial charge in [0, 0.05) is 6.04 Å². The topological polar surface area (TPSA) is 44.5 Å². The molecule has 1 fully saturated rings. The number of nitrogens with two attached hydrogens (primary N) is 1. The molecule has 0 heterocycles. The van der Waals surface area contributed by atoms with Gasteiger partial charge in [0.25, 0.3) is 0 Å². The first-order chi connectivity index (χ1) is 7.81. The zero-order valence-corrected chi connectivity index (χ0v) is 9.69. The average Bonchev–Trinajstić information content (AvgIpc) is 2.68. The lowest BCUT2D eigenvalue weighted by molar-refractivity contribution is 0.181. The van der Waals surface area contributed by atoms with Crippen LogP contribution < -0.4 is 15.2 Å². The Morgan fingerprint density at radius 3 is 2.62 bits per heavy atom. The van der Waals surface area contributed by atoms with E-state index >= 15 is 0 Å². The monoisotopic (exact) mass is 221 g/mol. The molecule has 0 aromatic heterocycles. The van der Waals surface area contributed by atoms with Crippen molar-refractivity contribution in [3.8, 4) is 11.5 Å². The summed E-state index contributed by atoms with van der Waals surface area (Å²) in [5.74, 6) is 1.62. The number of benzene rings is 1. The molecule has 0 radical (unpaired) electrons. The van der Waals surface area contributed by atoms with E-state index in [1.54, 1.807) is 0 Å². The van der Waals surface area contributed by atoms with Crippen molar-refractivity contribution >= 4 is 0 Å². The van der Waals surface area contributed by atoms with Gasteiger partial charge in [0.15, 0.2) is 11.5 Å². The Bertz CT molecular complexity index is 340. The fourth-order valence-electron chi connectivity index (χ4n) is 2.09. The molecule has 3 heteroatoms. The van der Waals surface area contributed by atoms with Crippen molar-refractivity contribution in [1.82, 2.24) is 0 Å². The summed E-state index contributed by atoms with van der Waals surface area (Å²) in [4.78, 5) is 0. The van der Waals surface area contributed by atoms with Crippen LogP contribution in [-0.2, 0) is 0 Å². The van der Waals surface area contributed by atoms with E-state index < -0.39 is 0 Å². The van der Waals surface area contributed by atoms with Gasteiger partial charge >= 0.3 is 0 Å². The van der Waals surface area contributed by atoms with E-state index in [2.05, 4.69) is 0 Å². The number of hydrogen-bond acceptors (Lipinski definition) is 3. The van der Waals surface area contributed by atoms with Crippen molar-refractivity contribution in [2.24, 2.45) is 5.73 Å². The zero-order valence-electron chi connectivity index (χ0n) is 9.69. The van der Waals surface area contributed by atoms with Gasteiger partial charge in [0.2, 0.25) is 0 Å². The Balaban J connectivity index is 2.07. The Labute approximate surface area is 96.5 Å². The minimum absolute atomic E-state index is 0.140. The van der Waals surface area contributed by atoms with Gasteiger partial charge in [-0.15, -0.1) is 0 Å². The summed E-state index contributed by atoms with van der Waals surface area (Å²) in [6, 6.07) is 7.94. The molecule has 0 amide bonds. The van der Waals surface area contributed by atoms with Crippen molar-refractivity contribution in [2.45, 2.75) is 38.3 Å². The van der Waals surface area contributed by atoms with E-state index in [1.165, 1.54) is 0 Å².